The molecule has 0 aliphatic carbocycles. The molecule has 1 aliphatic heterocycles. The van der Waals surface area contributed by atoms with Crippen molar-refractivity contribution in [1.29, 1.82) is 5.26 Å². The molecule has 186 valence electrons. The Morgan fingerprint density at radius 3 is 2.78 bits per heavy atom. The van der Waals surface area contributed by atoms with E-state index in [2.05, 4.69) is 26.7 Å². The first kappa shape index (κ1) is 24.0. The largest absolute Gasteiger partial charge is 0.394 e. The lowest BCUT2D eigenvalue weighted by Crippen LogP contribution is -2.58. The predicted molar refractivity (Wildman–Crippen MR) is 139 cm³/mol. The summed E-state index contributed by atoms with van der Waals surface area (Å²) in [5.74, 6) is -0.628. The molecule has 0 radical (unpaired) electrons. The van der Waals surface area contributed by atoms with Crippen LogP contribution in [0.15, 0.2) is 73.2 Å². The summed E-state index contributed by atoms with van der Waals surface area (Å²) in [6.45, 7) is 0.270. The van der Waals surface area contributed by atoms with Gasteiger partial charge in [-0.25, -0.2) is 4.98 Å². The SMILES string of the molecule is N#Cc1ccc(CC(Nc2ccc3c(C(=O)N4CCNC(=O)[C@@H]4CO)cccc3c2)c2cnc[nH]2)cc1. The van der Waals surface area contributed by atoms with Crippen LogP contribution in [0.25, 0.3) is 10.8 Å². The first-order valence-electron chi connectivity index (χ1n) is 12.0. The molecule has 3 aromatic carbocycles. The fraction of sp³-hybridized carbons (Fsp3) is 0.214. The molecule has 4 aromatic rings. The summed E-state index contributed by atoms with van der Waals surface area (Å²) in [5.41, 5.74) is 3.97. The van der Waals surface area contributed by atoms with Gasteiger partial charge in [0.05, 0.1) is 42.5 Å². The minimum atomic E-state index is -0.894. The standard InChI is InChI=1S/C28H26N6O3/c29-14-19-6-4-18(5-7-19)12-24(25-15-30-17-32-25)33-21-8-9-22-20(13-21)2-1-3-23(22)28(37)34-11-10-31-27(36)26(34)16-35/h1-9,13,15,17,24,26,33,35H,10-12,16H2,(H,30,32)(H,31,36)/t24?,26-/m0/s1. The highest BCUT2D eigenvalue weighted by Gasteiger charge is 2.33. The first-order valence-corrected chi connectivity index (χ1v) is 12.0. The van der Waals surface area contributed by atoms with Crippen LogP contribution in [0.5, 0.6) is 0 Å². The van der Waals surface area contributed by atoms with Crippen LogP contribution in [0.3, 0.4) is 0 Å². The van der Waals surface area contributed by atoms with Gasteiger partial charge < -0.3 is 25.6 Å². The Morgan fingerprint density at radius 2 is 2.05 bits per heavy atom. The Balaban J connectivity index is 1.42. The topological polar surface area (TPSA) is 134 Å². The number of carbonyl (C=O) groups excluding carboxylic acids is 2. The zero-order valence-electron chi connectivity index (χ0n) is 20.0. The number of carbonyl (C=O) groups is 2. The number of amides is 2. The molecule has 5 rings (SSSR count). The van der Waals surface area contributed by atoms with E-state index in [9.17, 15) is 14.7 Å². The van der Waals surface area contributed by atoms with Crippen molar-refractivity contribution < 1.29 is 14.7 Å². The lowest BCUT2D eigenvalue weighted by Gasteiger charge is -2.34. The van der Waals surface area contributed by atoms with Gasteiger partial charge in [-0.05, 0) is 53.1 Å². The van der Waals surface area contributed by atoms with Gasteiger partial charge in [0, 0.05) is 24.3 Å². The van der Waals surface area contributed by atoms with Crippen LogP contribution in [0.1, 0.15) is 33.2 Å². The Morgan fingerprint density at radius 1 is 1.22 bits per heavy atom. The number of rotatable bonds is 7. The van der Waals surface area contributed by atoms with E-state index >= 15 is 0 Å². The molecule has 0 spiro atoms. The number of imidazole rings is 1. The number of anilines is 1. The monoisotopic (exact) mass is 494 g/mol. The Hall–Kier alpha value is -4.68. The normalized spacial score (nSPS) is 16.2. The number of H-pyrrole nitrogens is 1. The summed E-state index contributed by atoms with van der Waals surface area (Å²) in [4.78, 5) is 34.3. The quantitative estimate of drug-likeness (QED) is 0.312. The molecule has 37 heavy (non-hydrogen) atoms. The highest BCUT2D eigenvalue weighted by molar-refractivity contribution is 6.09. The Bertz CT molecular complexity index is 1460. The van der Waals surface area contributed by atoms with Gasteiger partial charge >= 0.3 is 0 Å². The molecule has 9 nitrogen and oxygen atoms in total. The molecule has 2 amide bonds. The molecule has 0 saturated carbocycles. The van der Waals surface area contributed by atoms with Crippen LogP contribution in [0.2, 0.25) is 0 Å². The van der Waals surface area contributed by atoms with E-state index in [-0.39, 0.29) is 17.9 Å². The van der Waals surface area contributed by atoms with Crippen LogP contribution in [-0.4, -0.2) is 57.5 Å². The summed E-state index contributed by atoms with van der Waals surface area (Å²) in [6, 6.07) is 20.0. The third-order valence-electron chi connectivity index (χ3n) is 6.63. The van der Waals surface area contributed by atoms with Gasteiger partial charge in [-0.1, -0.05) is 30.3 Å². The fourth-order valence-electron chi connectivity index (χ4n) is 4.70. The van der Waals surface area contributed by atoms with Gasteiger partial charge in [-0.15, -0.1) is 0 Å². The number of nitrogens with one attached hydrogen (secondary N) is 3. The van der Waals surface area contributed by atoms with Gasteiger partial charge in [-0.2, -0.15) is 5.26 Å². The third kappa shape index (κ3) is 5.01. The van der Waals surface area contributed by atoms with E-state index in [0.29, 0.717) is 30.6 Å². The predicted octanol–water partition coefficient (Wildman–Crippen LogP) is 2.76. The smallest absolute Gasteiger partial charge is 0.255 e. The second kappa shape index (κ2) is 10.5. The van der Waals surface area contributed by atoms with Crippen LogP contribution >= 0.6 is 0 Å². The Labute approximate surface area is 213 Å². The number of aromatic amines is 1. The summed E-state index contributed by atoms with van der Waals surface area (Å²) < 4.78 is 0. The second-order valence-electron chi connectivity index (χ2n) is 8.95. The molecule has 4 N–H and O–H groups in total. The average molecular weight is 495 g/mol. The molecule has 9 heteroatoms. The molecule has 2 heterocycles. The van der Waals surface area contributed by atoms with Crippen molar-refractivity contribution in [2.45, 2.75) is 18.5 Å². The zero-order chi connectivity index (χ0) is 25.8. The van der Waals surface area contributed by atoms with Crippen molar-refractivity contribution in [2.75, 3.05) is 25.0 Å². The minimum Gasteiger partial charge on any atom is -0.394 e. The minimum absolute atomic E-state index is 0.102. The molecule has 2 atom stereocenters. The number of nitriles is 1. The van der Waals surface area contributed by atoms with Gasteiger partial charge in [0.2, 0.25) is 5.91 Å². The molecule has 1 saturated heterocycles. The van der Waals surface area contributed by atoms with Crippen molar-refractivity contribution in [2.24, 2.45) is 0 Å². The van der Waals surface area contributed by atoms with Crippen molar-refractivity contribution in [3.8, 4) is 6.07 Å². The number of benzene rings is 3. The summed E-state index contributed by atoms with van der Waals surface area (Å²) in [5, 5.41) is 26.7. The van der Waals surface area contributed by atoms with Gasteiger partial charge in [-0.3, -0.25) is 9.59 Å². The van der Waals surface area contributed by atoms with Crippen LogP contribution < -0.4 is 10.6 Å². The number of aliphatic hydroxyl groups excluding tert-OH is 1. The third-order valence-corrected chi connectivity index (χ3v) is 6.63. The fourth-order valence-corrected chi connectivity index (χ4v) is 4.70. The zero-order valence-corrected chi connectivity index (χ0v) is 20.0. The Kier molecular flexibility index (Phi) is 6.83. The molecule has 0 bridgehead atoms. The van der Waals surface area contributed by atoms with Gasteiger partial charge in [0.25, 0.3) is 5.91 Å². The van der Waals surface area contributed by atoms with Crippen LogP contribution in [0.4, 0.5) is 5.69 Å². The number of aromatic nitrogens is 2. The van der Waals surface area contributed by atoms with Gasteiger partial charge in [0.15, 0.2) is 0 Å². The molecule has 1 fully saturated rings. The van der Waals surface area contributed by atoms with E-state index in [1.54, 1.807) is 30.7 Å². The number of hydrogen-bond donors (Lipinski definition) is 4. The highest BCUT2D eigenvalue weighted by Crippen LogP contribution is 2.28. The number of nitrogens with zero attached hydrogens (tertiary/aromatic N) is 3. The summed E-state index contributed by atoms with van der Waals surface area (Å²) in [6.07, 6.45) is 4.09. The average Bonchev–Trinajstić information content (AvgIpc) is 3.47. The van der Waals surface area contributed by atoms with E-state index in [0.717, 1.165) is 27.7 Å². The van der Waals surface area contributed by atoms with Crippen molar-refractivity contribution in [1.82, 2.24) is 20.2 Å². The molecule has 1 aromatic heterocycles. The summed E-state index contributed by atoms with van der Waals surface area (Å²) >= 11 is 0. The van der Waals surface area contributed by atoms with Crippen molar-refractivity contribution in [3.05, 3.63) is 95.6 Å². The number of aliphatic hydroxyl groups is 1. The maximum Gasteiger partial charge on any atom is 0.255 e. The molecule has 1 aliphatic rings. The van der Waals surface area contributed by atoms with E-state index in [4.69, 9.17) is 5.26 Å². The van der Waals surface area contributed by atoms with Crippen LogP contribution in [-0.2, 0) is 11.2 Å². The summed E-state index contributed by atoms with van der Waals surface area (Å²) in [7, 11) is 0. The van der Waals surface area contributed by atoms with Gasteiger partial charge in [0.1, 0.15) is 6.04 Å². The maximum absolute atomic E-state index is 13.4. The molecular weight excluding hydrogens is 468 g/mol. The maximum atomic E-state index is 13.4. The highest BCUT2D eigenvalue weighted by atomic mass is 16.3. The number of piperazine rings is 1. The lowest BCUT2D eigenvalue weighted by atomic mass is 10.00. The molecule has 1 unspecified atom stereocenters. The first-order chi connectivity index (χ1) is 18.1. The molecular formula is C28H26N6O3. The number of hydrogen-bond acceptors (Lipinski definition) is 6. The van der Waals surface area contributed by atoms with Crippen molar-refractivity contribution >= 4 is 28.3 Å². The van der Waals surface area contributed by atoms with E-state index < -0.39 is 12.6 Å². The van der Waals surface area contributed by atoms with Crippen LogP contribution in [0, 0.1) is 11.3 Å². The van der Waals surface area contributed by atoms with E-state index in [1.807, 2.05) is 42.5 Å². The van der Waals surface area contributed by atoms with E-state index in [1.165, 1.54) is 4.90 Å². The number of fused-ring (bicyclic) bond motifs is 1. The van der Waals surface area contributed by atoms with Crippen molar-refractivity contribution in [3.63, 3.8) is 0 Å². The lowest BCUT2D eigenvalue weighted by molar-refractivity contribution is -0.129. The second-order valence-corrected chi connectivity index (χ2v) is 8.95.